The molecule has 2 aromatic heterocycles. The fourth-order valence-electron chi connectivity index (χ4n) is 4.08. The molecule has 8 nitrogen and oxygen atoms in total. The van der Waals surface area contributed by atoms with Gasteiger partial charge in [0.15, 0.2) is 0 Å². The van der Waals surface area contributed by atoms with E-state index in [0.717, 1.165) is 28.2 Å². The first-order valence-electron chi connectivity index (χ1n) is 12.7. The Morgan fingerprint density at radius 2 is 1.81 bits per heavy atom. The van der Waals surface area contributed by atoms with Crippen molar-refractivity contribution in [2.75, 3.05) is 26.0 Å². The zero-order valence-corrected chi connectivity index (χ0v) is 22.7. The maximum absolute atomic E-state index is 14.3. The van der Waals surface area contributed by atoms with Gasteiger partial charge in [-0.25, -0.2) is 19.3 Å². The van der Waals surface area contributed by atoms with Crippen LogP contribution in [0.3, 0.4) is 0 Å². The molecule has 3 aromatic rings. The molecule has 0 amide bonds. The Labute approximate surface area is 219 Å². The molecule has 1 aromatic carbocycles. The lowest BCUT2D eigenvalue weighted by Crippen LogP contribution is -2.24. The smallest absolute Gasteiger partial charge is 0.220 e. The van der Waals surface area contributed by atoms with Crippen molar-refractivity contribution in [3.63, 3.8) is 0 Å². The van der Waals surface area contributed by atoms with Crippen LogP contribution >= 0.6 is 0 Å². The number of hydrogen-bond donors (Lipinski definition) is 2. The minimum atomic E-state index is -0.341. The number of nitrogens with zero attached hydrogens (tertiary/aromatic N) is 4. The Kier molecular flexibility index (Phi) is 11.9. The van der Waals surface area contributed by atoms with Gasteiger partial charge in [0.05, 0.1) is 29.9 Å². The monoisotopic (exact) mass is 510 g/mol. The van der Waals surface area contributed by atoms with E-state index in [0.29, 0.717) is 43.1 Å². The number of benzene rings is 1. The fraction of sp³-hybridized carbons (Fsp3) is 0.429. The highest BCUT2D eigenvalue weighted by atomic mass is 19.1. The summed E-state index contributed by atoms with van der Waals surface area (Å²) < 4.78 is 19.5. The summed E-state index contributed by atoms with van der Waals surface area (Å²) >= 11 is 0. The summed E-state index contributed by atoms with van der Waals surface area (Å²) in [6.07, 6.45) is 2.41. The average molecular weight is 511 g/mol. The highest BCUT2D eigenvalue weighted by Gasteiger charge is 2.31. The van der Waals surface area contributed by atoms with E-state index in [1.165, 1.54) is 18.6 Å². The second kappa shape index (κ2) is 14.8. The highest BCUT2D eigenvalue weighted by Crippen LogP contribution is 2.38. The third-order valence-corrected chi connectivity index (χ3v) is 5.40. The van der Waals surface area contributed by atoms with Crippen molar-refractivity contribution < 1.29 is 14.0 Å². The minimum Gasteiger partial charge on any atom is -0.481 e. The summed E-state index contributed by atoms with van der Waals surface area (Å²) in [4.78, 5) is 18.7. The second-order valence-corrected chi connectivity index (χ2v) is 8.26. The zero-order chi connectivity index (χ0) is 27.4. The van der Waals surface area contributed by atoms with Gasteiger partial charge in [0, 0.05) is 30.2 Å². The molecule has 2 heterocycles. The molecule has 1 aliphatic carbocycles. The van der Waals surface area contributed by atoms with Gasteiger partial charge in [0.2, 0.25) is 11.8 Å². The number of pyridine rings is 1. The molecule has 1 atom stereocenters. The van der Waals surface area contributed by atoms with Crippen molar-refractivity contribution in [3.8, 4) is 17.1 Å². The van der Waals surface area contributed by atoms with Gasteiger partial charge in [0.25, 0.3) is 0 Å². The van der Waals surface area contributed by atoms with Crippen LogP contribution in [0.25, 0.3) is 11.3 Å². The van der Waals surface area contributed by atoms with Gasteiger partial charge in [-0.2, -0.15) is 0 Å². The number of ether oxygens (including phenoxy) is 1. The number of aromatic nitrogens is 3. The van der Waals surface area contributed by atoms with Crippen LogP contribution in [0.2, 0.25) is 0 Å². The van der Waals surface area contributed by atoms with Crippen LogP contribution in [0, 0.1) is 12.7 Å². The third-order valence-electron chi connectivity index (χ3n) is 5.40. The zero-order valence-electron chi connectivity index (χ0n) is 22.7. The molecule has 0 bridgehead atoms. The standard InChI is InChI=1S/C23H25FN6O2.C3H8.C2H6/c1-13-22-19(29-23(26)27-13)10-14(11-20(22)30-32-9-8-25)16-7-6-15(24)12-17(16)18-4-3-5-21(28-18)31-2;1-3-2;1-2/h3-7,12,14H,8-11,25H2,1-2H3,(H2,26,27,29);3H2,1-2H3;1-2H3/b30-20+;;/t14-;;/m0../s1. The van der Waals surface area contributed by atoms with E-state index in [4.69, 9.17) is 21.0 Å². The molecular formula is C28H39FN6O2. The third kappa shape index (κ3) is 7.69. The van der Waals surface area contributed by atoms with Crippen LogP contribution in [0.15, 0.2) is 41.6 Å². The largest absolute Gasteiger partial charge is 0.481 e. The first kappa shape index (κ1) is 29.6. The Morgan fingerprint density at radius 1 is 1.08 bits per heavy atom. The molecule has 9 heteroatoms. The van der Waals surface area contributed by atoms with Gasteiger partial charge in [-0.1, -0.05) is 51.4 Å². The topological polar surface area (TPSA) is 122 Å². The van der Waals surface area contributed by atoms with E-state index in [-0.39, 0.29) is 17.7 Å². The lowest BCUT2D eigenvalue weighted by molar-refractivity contribution is 0.151. The molecule has 0 saturated heterocycles. The molecule has 200 valence electrons. The van der Waals surface area contributed by atoms with E-state index in [2.05, 4.69) is 34.0 Å². The van der Waals surface area contributed by atoms with Crippen molar-refractivity contribution in [1.82, 2.24) is 15.0 Å². The lowest BCUT2D eigenvalue weighted by atomic mass is 9.79. The van der Waals surface area contributed by atoms with Gasteiger partial charge in [-0.3, -0.25) is 0 Å². The number of rotatable bonds is 6. The fourth-order valence-corrected chi connectivity index (χ4v) is 4.08. The quantitative estimate of drug-likeness (QED) is 0.335. The summed E-state index contributed by atoms with van der Waals surface area (Å²) in [6.45, 7) is 10.8. The number of fused-ring (bicyclic) bond motifs is 1. The normalized spacial score (nSPS) is 15.0. The van der Waals surface area contributed by atoms with Gasteiger partial charge < -0.3 is 21.0 Å². The van der Waals surface area contributed by atoms with Crippen LogP contribution in [0.5, 0.6) is 5.88 Å². The molecule has 0 aliphatic heterocycles. The Morgan fingerprint density at radius 3 is 2.49 bits per heavy atom. The number of hydrogen-bond acceptors (Lipinski definition) is 8. The summed E-state index contributed by atoms with van der Waals surface area (Å²) in [5.74, 6) is 0.283. The first-order chi connectivity index (χ1) is 17.9. The number of halogens is 1. The molecule has 0 saturated carbocycles. The number of methoxy groups -OCH3 is 1. The molecular weight excluding hydrogens is 471 g/mol. The molecule has 0 spiro atoms. The van der Waals surface area contributed by atoms with Crippen LogP contribution in [0.4, 0.5) is 10.3 Å². The number of oxime groups is 1. The van der Waals surface area contributed by atoms with Crippen molar-refractivity contribution in [3.05, 3.63) is 64.7 Å². The Balaban J connectivity index is 0.000000898. The predicted molar refractivity (Wildman–Crippen MR) is 147 cm³/mol. The molecule has 4 N–H and O–H groups in total. The molecule has 4 rings (SSSR count). The van der Waals surface area contributed by atoms with Crippen LogP contribution in [0.1, 0.15) is 69.0 Å². The molecule has 0 radical (unpaired) electrons. The van der Waals surface area contributed by atoms with Crippen molar-refractivity contribution in [2.45, 2.75) is 59.8 Å². The van der Waals surface area contributed by atoms with Gasteiger partial charge in [0.1, 0.15) is 12.4 Å². The Bertz CT molecular complexity index is 1190. The van der Waals surface area contributed by atoms with Crippen LogP contribution in [-0.4, -0.2) is 40.9 Å². The SMILES string of the molecule is CC.CCC.COc1cccc(-c2cc(F)ccc2[C@@H]2C/C(=N\OCCN)c3c(C)nc(N)nc3C2)n1. The molecule has 0 unspecified atom stereocenters. The van der Waals surface area contributed by atoms with Crippen LogP contribution in [-0.2, 0) is 11.3 Å². The van der Waals surface area contributed by atoms with E-state index in [1.54, 1.807) is 19.2 Å². The maximum Gasteiger partial charge on any atom is 0.220 e. The van der Waals surface area contributed by atoms with Crippen LogP contribution < -0.4 is 16.2 Å². The number of aryl methyl sites for hydroxylation is 1. The second-order valence-electron chi connectivity index (χ2n) is 8.26. The molecule has 1 aliphatic rings. The predicted octanol–water partition coefficient (Wildman–Crippen LogP) is 5.43. The Hall–Kier alpha value is -3.59. The summed E-state index contributed by atoms with van der Waals surface area (Å²) in [5.41, 5.74) is 16.8. The summed E-state index contributed by atoms with van der Waals surface area (Å²) in [5, 5.41) is 4.33. The van der Waals surface area contributed by atoms with Crippen molar-refractivity contribution in [1.29, 1.82) is 0 Å². The van der Waals surface area contributed by atoms with E-state index < -0.39 is 0 Å². The van der Waals surface area contributed by atoms with E-state index >= 15 is 0 Å². The first-order valence-corrected chi connectivity index (χ1v) is 12.7. The summed E-state index contributed by atoms with van der Waals surface area (Å²) in [7, 11) is 1.55. The van der Waals surface area contributed by atoms with Gasteiger partial charge >= 0.3 is 0 Å². The molecule has 37 heavy (non-hydrogen) atoms. The lowest BCUT2D eigenvalue weighted by Gasteiger charge is -2.27. The average Bonchev–Trinajstić information content (AvgIpc) is 2.90. The number of nitrogens with two attached hydrogens (primary N) is 2. The summed E-state index contributed by atoms with van der Waals surface area (Å²) in [6, 6.07) is 10.2. The highest BCUT2D eigenvalue weighted by molar-refractivity contribution is 6.03. The minimum absolute atomic E-state index is 0.0416. The van der Waals surface area contributed by atoms with Crippen molar-refractivity contribution in [2.24, 2.45) is 10.9 Å². The van der Waals surface area contributed by atoms with Gasteiger partial charge in [-0.05, 0) is 43.0 Å². The number of anilines is 1. The van der Waals surface area contributed by atoms with Crippen molar-refractivity contribution >= 4 is 11.7 Å². The van der Waals surface area contributed by atoms with E-state index in [1.807, 2.05) is 32.9 Å². The van der Waals surface area contributed by atoms with E-state index in [9.17, 15) is 4.39 Å². The maximum atomic E-state index is 14.3. The molecule has 0 fully saturated rings. The van der Waals surface area contributed by atoms with Gasteiger partial charge in [-0.15, -0.1) is 0 Å². The number of nitrogen functional groups attached to an aromatic ring is 1.